The van der Waals surface area contributed by atoms with Gasteiger partial charge in [0, 0.05) is 28.4 Å². The minimum Gasteiger partial charge on any atom is -0.437 e. The summed E-state index contributed by atoms with van der Waals surface area (Å²) in [6.07, 6.45) is 1.57. The van der Waals surface area contributed by atoms with Gasteiger partial charge in [-0.05, 0) is 18.2 Å². The van der Waals surface area contributed by atoms with E-state index in [4.69, 9.17) is 16.3 Å². The van der Waals surface area contributed by atoms with Crippen molar-refractivity contribution in [2.24, 2.45) is 0 Å². The Bertz CT molecular complexity index is 1120. The third kappa shape index (κ3) is 4.14. The summed E-state index contributed by atoms with van der Waals surface area (Å²) in [5, 5.41) is 0.266. The van der Waals surface area contributed by atoms with E-state index in [1.165, 1.54) is 12.1 Å². The molecule has 0 N–H and O–H groups in total. The van der Waals surface area contributed by atoms with E-state index in [0.29, 0.717) is 11.1 Å². The van der Waals surface area contributed by atoms with Crippen LogP contribution in [0.2, 0.25) is 5.02 Å². The first kappa shape index (κ1) is 19.6. The van der Waals surface area contributed by atoms with Crippen LogP contribution in [0.3, 0.4) is 0 Å². The largest absolute Gasteiger partial charge is 0.437 e. The van der Waals surface area contributed by atoms with Gasteiger partial charge in [0.2, 0.25) is 5.88 Å². The van der Waals surface area contributed by atoms with Gasteiger partial charge in [0.15, 0.2) is 17.3 Å². The number of ketones is 2. The third-order valence-electron chi connectivity index (χ3n) is 4.46. The molecule has 0 spiro atoms. The lowest BCUT2D eigenvalue weighted by molar-refractivity contribution is 0.103. The first-order valence-corrected chi connectivity index (χ1v) is 9.63. The molecule has 4 aromatic rings. The average molecular weight is 414 g/mol. The molecule has 5 heteroatoms. The van der Waals surface area contributed by atoms with Crippen molar-refractivity contribution in [2.45, 2.75) is 0 Å². The second-order valence-corrected chi connectivity index (χ2v) is 6.93. The monoisotopic (exact) mass is 413 g/mol. The average Bonchev–Trinajstić information content (AvgIpc) is 2.81. The highest BCUT2D eigenvalue weighted by atomic mass is 35.5. The fraction of sp³-hybridized carbons (Fsp3) is 0. The van der Waals surface area contributed by atoms with Crippen molar-refractivity contribution in [1.82, 2.24) is 4.98 Å². The molecule has 0 amide bonds. The number of ether oxygens (including phenoxy) is 1. The van der Waals surface area contributed by atoms with Crippen LogP contribution in [-0.2, 0) is 0 Å². The molecule has 0 bridgehead atoms. The smallest absolute Gasteiger partial charge is 0.219 e. The molecule has 1 heterocycles. The number of aromatic nitrogens is 1. The maximum atomic E-state index is 13.3. The van der Waals surface area contributed by atoms with Crippen molar-refractivity contribution in [3.05, 3.63) is 124 Å². The Morgan fingerprint density at radius 3 is 1.67 bits per heavy atom. The van der Waals surface area contributed by atoms with E-state index in [0.717, 1.165) is 0 Å². The Morgan fingerprint density at radius 1 is 0.700 bits per heavy atom. The van der Waals surface area contributed by atoms with Gasteiger partial charge in [0.25, 0.3) is 0 Å². The minimum atomic E-state index is -0.300. The van der Waals surface area contributed by atoms with Crippen molar-refractivity contribution in [3.63, 3.8) is 0 Å². The van der Waals surface area contributed by atoms with Crippen molar-refractivity contribution < 1.29 is 14.3 Å². The number of hydrogen-bond donors (Lipinski definition) is 0. The number of nitrogens with zero attached hydrogens (tertiary/aromatic N) is 1. The molecule has 0 aliphatic rings. The third-order valence-corrected chi connectivity index (χ3v) is 4.68. The number of hydrogen-bond acceptors (Lipinski definition) is 4. The van der Waals surface area contributed by atoms with E-state index in [2.05, 4.69) is 4.98 Å². The standard InChI is InChI=1S/C25H16ClNO3/c26-19-15-20(23(28)17-9-3-1-4-10-17)25(30-22-13-7-8-14-27-22)21(16-19)24(29)18-11-5-2-6-12-18/h1-16H. The number of carbonyl (C=O) groups excluding carboxylic acids is 2. The topological polar surface area (TPSA) is 56.3 Å². The lowest BCUT2D eigenvalue weighted by atomic mass is 9.95. The number of pyridine rings is 1. The molecule has 0 saturated heterocycles. The summed E-state index contributed by atoms with van der Waals surface area (Å²) in [6, 6.07) is 25.7. The maximum Gasteiger partial charge on any atom is 0.219 e. The van der Waals surface area contributed by atoms with Gasteiger partial charge in [-0.25, -0.2) is 4.98 Å². The summed E-state index contributed by atoms with van der Waals surface area (Å²) in [5.41, 5.74) is 1.31. The SMILES string of the molecule is O=C(c1ccccc1)c1cc(Cl)cc(C(=O)c2ccccc2)c1Oc1ccccn1. The molecule has 1 aromatic heterocycles. The molecular formula is C25H16ClNO3. The van der Waals surface area contributed by atoms with Gasteiger partial charge in [-0.1, -0.05) is 78.3 Å². The highest BCUT2D eigenvalue weighted by molar-refractivity contribution is 6.32. The van der Waals surface area contributed by atoms with Crippen LogP contribution in [0.25, 0.3) is 0 Å². The Labute approximate surface area is 178 Å². The van der Waals surface area contributed by atoms with Crippen LogP contribution >= 0.6 is 11.6 Å². The first-order chi connectivity index (χ1) is 14.6. The molecule has 0 atom stereocenters. The highest BCUT2D eigenvalue weighted by Gasteiger charge is 2.24. The van der Waals surface area contributed by atoms with Gasteiger partial charge < -0.3 is 4.74 Å². The van der Waals surface area contributed by atoms with Gasteiger partial charge in [0.05, 0.1) is 11.1 Å². The Kier molecular flexibility index (Phi) is 5.68. The van der Waals surface area contributed by atoms with Crippen LogP contribution in [-0.4, -0.2) is 16.6 Å². The lowest BCUT2D eigenvalue weighted by Crippen LogP contribution is -2.10. The van der Waals surface area contributed by atoms with E-state index in [1.807, 2.05) is 12.1 Å². The Hall–Kier alpha value is -3.76. The number of halogens is 1. The summed E-state index contributed by atoms with van der Waals surface area (Å²) in [5.74, 6) is -0.206. The van der Waals surface area contributed by atoms with Crippen LogP contribution in [0.15, 0.2) is 97.2 Å². The van der Waals surface area contributed by atoms with Gasteiger partial charge in [-0.15, -0.1) is 0 Å². The fourth-order valence-electron chi connectivity index (χ4n) is 3.04. The molecular weight excluding hydrogens is 398 g/mol. The van der Waals surface area contributed by atoms with Gasteiger partial charge in [0.1, 0.15) is 0 Å². The number of benzene rings is 3. The van der Waals surface area contributed by atoms with Crippen LogP contribution in [0.1, 0.15) is 31.8 Å². The molecule has 0 fully saturated rings. The van der Waals surface area contributed by atoms with Crippen LogP contribution in [0, 0.1) is 0 Å². The molecule has 0 radical (unpaired) electrons. The quantitative estimate of drug-likeness (QED) is 0.364. The molecule has 0 aliphatic heterocycles. The van der Waals surface area contributed by atoms with Crippen LogP contribution in [0.4, 0.5) is 0 Å². The predicted molar refractivity (Wildman–Crippen MR) is 116 cm³/mol. The van der Waals surface area contributed by atoms with E-state index in [9.17, 15) is 9.59 Å². The molecule has 0 aliphatic carbocycles. The zero-order valence-corrected chi connectivity index (χ0v) is 16.5. The summed E-state index contributed by atoms with van der Waals surface area (Å²) in [4.78, 5) is 30.7. The molecule has 4 rings (SSSR count). The van der Waals surface area contributed by atoms with Gasteiger partial charge in [-0.2, -0.15) is 0 Å². The highest BCUT2D eigenvalue weighted by Crippen LogP contribution is 2.34. The molecule has 0 unspecified atom stereocenters. The van der Waals surface area contributed by atoms with Gasteiger partial charge in [-0.3, -0.25) is 9.59 Å². The van der Waals surface area contributed by atoms with Crippen molar-refractivity contribution in [3.8, 4) is 11.6 Å². The fourth-order valence-corrected chi connectivity index (χ4v) is 3.26. The summed E-state index contributed by atoms with van der Waals surface area (Å²) in [6.45, 7) is 0. The molecule has 146 valence electrons. The van der Waals surface area contributed by atoms with Gasteiger partial charge >= 0.3 is 0 Å². The van der Waals surface area contributed by atoms with Crippen molar-refractivity contribution in [1.29, 1.82) is 0 Å². The molecule has 3 aromatic carbocycles. The summed E-state index contributed by atoms with van der Waals surface area (Å²) in [7, 11) is 0. The summed E-state index contributed by atoms with van der Waals surface area (Å²) >= 11 is 6.31. The second kappa shape index (κ2) is 8.72. The zero-order chi connectivity index (χ0) is 20.9. The second-order valence-electron chi connectivity index (χ2n) is 6.49. The van der Waals surface area contributed by atoms with E-state index in [-0.39, 0.29) is 39.3 Å². The van der Waals surface area contributed by atoms with Crippen molar-refractivity contribution >= 4 is 23.2 Å². The van der Waals surface area contributed by atoms with E-state index < -0.39 is 0 Å². The number of rotatable bonds is 6. The van der Waals surface area contributed by atoms with E-state index in [1.54, 1.807) is 72.9 Å². The normalized spacial score (nSPS) is 10.4. The lowest BCUT2D eigenvalue weighted by Gasteiger charge is -2.15. The Morgan fingerprint density at radius 2 is 1.20 bits per heavy atom. The predicted octanol–water partition coefficient (Wildman–Crippen LogP) is 5.99. The van der Waals surface area contributed by atoms with Crippen molar-refractivity contribution in [2.75, 3.05) is 0 Å². The maximum absolute atomic E-state index is 13.3. The molecule has 0 saturated carbocycles. The summed E-state index contributed by atoms with van der Waals surface area (Å²) < 4.78 is 5.97. The minimum absolute atomic E-state index is 0.126. The molecule has 4 nitrogen and oxygen atoms in total. The van der Waals surface area contributed by atoms with Crippen LogP contribution < -0.4 is 4.74 Å². The number of carbonyl (C=O) groups is 2. The first-order valence-electron chi connectivity index (χ1n) is 9.25. The van der Waals surface area contributed by atoms with Crippen LogP contribution in [0.5, 0.6) is 11.6 Å². The van der Waals surface area contributed by atoms with E-state index >= 15 is 0 Å². The Balaban J connectivity index is 1.90. The molecule has 30 heavy (non-hydrogen) atoms. The zero-order valence-electron chi connectivity index (χ0n) is 15.8.